The van der Waals surface area contributed by atoms with E-state index < -0.39 is 10.0 Å². The maximum atomic E-state index is 12.5. The van der Waals surface area contributed by atoms with E-state index in [1.165, 1.54) is 9.71 Å². The maximum absolute atomic E-state index is 12.5. The van der Waals surface area contributed by atoms with Gasteiger partial charge in [-0.1, -0.05) is 46.3 Å². The number of carbonyl (C=O) groups is 1. The molecule has 2 aromatic rings. The van der Waals surface area contributed by atoms with Crippen molar-refractivity contribution < 1.29 is 17.9 Å². The Bertz CT molecular complexity index is 903. The fourth-order valence-corrected chi connectivity index (χ4v) is 4.35. The molecule has 1 heterocycles. The summed E-state index contributed by atoms with van der Waals surface area (Å²) in [5.41, 5.74) is 0.828. The van der Waals surface area contributed by atoms with Crippen molar-refractivity contribution >= 4 is 38.0 Å². The summed E-state index contributed by atoms with van der Waals surface area (Å²) >= 11 is 3.33. The van der Waals surface area contributed by atoms with Crippen LogP contribution in [0.2, 0.25) is 0 Å². The van der Waals surface area contributed by atoms with E-state index in [2.05, 4.69) is 15.9 Å². The van der Waals surface area contributed by atoms with Crippen molar-refractivity contribution in [3.63, 3.8) is 0 Å². The summed E-state index contributed by atoms with van der Waals surface area (Å²) in [7, 11) is -3.50. The van der Waals surface area contributed by atoms with E-state index in [4.69, 9.17) is 4.74 Å². The van der Waals surface area contributed by atoms with Crippen LogP contribution in [0.25, 0.3) is 6.08 Å². The van der Waals surface area contributed by atoms with Gasteiger partial charge >= 0.3 is 5.97 Å². The molecule has 0 radical (unpaired) electrons. The van der Waals surface area contributed by atoms with E-state index in [-0.39, 0.29) is 11.9 Å². The van der Waals surface area contributed by atoms with Crippen molar-refractivity contribution in [3.8, 4) is 5.75 Å². The molecule has 1 saturated heterocycles. The molecule has 27 heavy (non-hydrogen) atoms. The molecule has 0 bridgehead atoms. The highest BCUT2D eigenvalue weighted by atomic mass is 79.9. The van der Waals surface area contributed by atoms with Crippen molar-refractivity contribution in [2.24, 2.45) is 5.92 Å². The highest BCUT2D eigenvalue weighted by Gasteiger charge is 2.31. The lowest BCUT2D eigenvalue weighted by atomic mass is 9.98. The molecule has 0 aromatic heterocycles. The quantitative estimate of drug-likeness (QED) is 0.509. The van der Waals surface area contributed by atoms with Crippen LogP contribution in [0, 0.1) is 5.92 Å². The molecule has 0 amide bonds. The SMILES string of the molecule is O=C(Oc1ccc(Br)cc1)C1CCN(S(=O)(=O)/C=C/c2ccccc2)CC1. The number of nitrogens with zero attached hydrogens (tertiary/aromatic N) is 1. The van der Waals surface area contributed by atoms with Crippen LogP contribution < -0.4 is 4.74 Å². The van der Waals surface area contributed by atoms with Gasteiger partial charge in [-0.15, -0.1) is 0 Å². The van der Waals surface area contributed by atoms with Gasteiger partial charge in [-0.05, 0) is 48.7 Å². The summed E-state index contributed by atoms with van der Waals surface area (Å²) in [6.07, 6.45) is 2.49. The summed E-state index contributed by atoms with van der Waals surface area (Å²) in [6, 6.07) is 16.3. The summed E-state index contributed by atoms with van der Waals surface area (Å²) < 4.78 is 32.7. The molecular weight excluding hydrogens is 430 g/mol. The zero-order valence-electron chi connectivity index (χ0n) is 14.6. The third-order valence-electron chi connectivity index (χ3n) is 4.41. The predicted molar refractivity (Wildman–Crippen MR) is 108 cm³/mol. The van der Waals surface area contributed by atoms with Crippen LogP contribution >= 0.6 is 15.9 Å². The molecule has 1 aliphatic heterocycles. The van der Waals surface area contributed by atoms with Crippen LogP contribution in [-0.2, 0) is 14.8 Å². The van der Waals surface area contributed by atoms with Gasteiger partial charge in [-0.3, -0.25) is 4.79 Å². The van der Waals surface area contributed by atoms with Gasteiger partial charge in [0, 0.05) is 23.0 Å². The number of hydrogen-bond acceptors (Lipinski definition) is 4. The van der Waals surface area contributed by atoms with E-state index in [0.29, 0.717) is 31.7 Å². The number of esters is 1. The van der Waals surface area contributed by atoms with Crippen molar-refractivity contribution in [1.82, 2.24) is 4.31 Å². The van der Waals surface area contributed by atoms with Gasteiger partial charge in [0.15, 0.2) is 0 Å². The van der Waals surface area contributed by atoms with E-state index in [1.807, 2.05) is 30.3 Å². The summed E-state index contributed by atoms with van der Waals surface area (Å²) in [4.78, 5) is 12.3. The normalized spacial score (nSPS) is 16.5. The highest BCUT2D eigenvalue weighted by molar-refractivity contribution is 9.10. The lowest BCUT2D eigenvalue weighted by Crippen LogP contribution is -2.40. The van der Waals surface area contributed by atoms with E-state index >= 15 is 0 Å². The first-order valence-electron chi connectivity index (χ1n) is 8.64. The molecule has 1 aliphatic rings. The van der Waals surface area contributed by atoms with Gasteiger partial charge in [-0.25, -0.2) is 8.42 Å². The fraction of sp³-hybridized carbons (Fsp3) is 0.250. The second-order valence-electron chi connectivity index (χ2n) is 6.31. The Morgan fingerprint density at radius 1 is 1.04 bits per heavy atom. The molecule has 0 aliphatic carbocycles. The number of halogens is 1. The van der Waals surface area contributed by atoms with Crippen molar-refractivity contribution in [3.05, 3.63) is 70.0 Å². The van der Waals surface area contributed by atoms with Gasteiger partial charge < -0.3 is 4.74 Å². The molecule has 2 aromatic carbocycles. The first kappa shape index (κ1) is 19.8. The average molecular weight is 450 g/mol. The van der Waals surface area contributed by atoms with Gasteiger partial charge in [-0.2, -0.15) is 4.31 Å². The second-order valence-corrected chi connectivity index (χ2v) is 9.04. The third kappa shape index (κ3) is 5.51. The Kier molecular flexibility index (Phi) is 6.46. The van der Waals surface area contributed by atoms with E-state index in [0.717, 1.165) is 10.0 Å². The van der Waals surface area contributed by atoms with Crippen LogP contribution in [0.3, 0.4) is 0 Å². The van der Waals surface area contributed by atoms with Gasteiger partial charge in [0.1, 0.15) is 5.75 Å². The predicted octanol–water partition coefficient (Wildman–Crippen LogP) is 4.07. The molecule has 0 spiro atoms. The van der Waals surface area contributed by atoms with Gasteiger partial charge in [0.2, 0.25) is 10.0 Å². The summed E-state index contributed by atoms with van der Waals surface area (Å²) in [5, 5.41) is 1.23. The molecule has 5 nitrogen and oxygen atoms in total. The highest BCUT2D eigenvalue weighted by Crippen LogP contribution is 2.24. The number of ether oxygens (including phenoxy) is 1. The number of rotatable bonds is 5. The zero-order chi connectivity index (χ0) is 19.3. The minimum Gasteiger partial charge on any atom is -0.426 e. The zero-order valence-corrected chi connectivity index (χ0v) is 17.0. The minimum atomic E-state index is -3.50. The van der Waals surface area contributed by atoms with Crippen LogP contribution in [0.15, 0.2) is 64.5 Å². The minimum absolute atomic E-state index is 0.293. The van der Waals surface area contributed by atoms with E-state index in [9.17, 15) is 13.2 Å². The first-order chi connectivity index (χ1) is 12.9. The molecule has 142 valence electrons. The van der Waals surface area contributed by atoms with Crippen molar-refractivity contribution in [2.45, 2.75) is 12.8 Å². The maximum Gasteiger partial charge on any atom is 0.314 e. The topological polar surface area (TPSA) is 63.7 Å². The van der Waals surface area contributed by atoms with Crippen LogP contribution in [0.5, 0.6) is 5.75 Å². The fourth-order valence-electron chi connectivity index (χ4n) is 2.86. The van der Waals surface area contributed by atoms with Crippen molar-refractivity contribution in [1.29, 1.82) is 0 Å². The molecule has 0 saturated carbocycles. The smallest absolute Gasteiger partial charge is 0.314 e. The number of sulfonamides is 1. The van der Waals surface area contributed by atoms with E-state index in [1.54, 1.807) is 30.3 Å². The monoisotopic (exact) mass is 449 g/mol. The largest absolute Gasteiger partial charge is 0.426 e. The molecule has 0 N–H and O–H groups in total. The molecule has 3 rings (SSSR count). The molecular formula is C20H20BrNO4S. The Morgan fingerprint density at radius 2 is 1.67 bits per heavy atom. The van der Waals surface area contributed by atoms with Gasteiger partial charge in [0.05, 0.1) is 5.92 Å². The first-order valence-corrected chi connectivity index (χ1v) is 10.9. The van der Waals surface area contributed by atoms with Crippen molar-refractivity contribution in [2.75, 3.05) is 13.1 Å². The number of piperidine rings is 1. The number of hydrogen-bond donors (Lipinski definition) is 0. The van der Waals surface area contributed by atoms with Gasteiger partial charge in [0.25, 0.3) is 0 Å². The lowest BCUT2D eigenvalue weighted by Gasteiger charge is -2.29. The van der Waals surface area contributed by atoms with Crippen LogP contribution in [0.4, 0.5) is 0 Å². The molecule has 0 unspecified atom stereocenters. The Labute approximate surface area is 167 Å². The number of benzene rings is 2. The molecule has 7 heteroatoms. The second kappa shape index (κ2) is 8.82. The Balaban J connectivity index is 1.55. The summed E-state index contributed by atoms with van der Waals surface area (Å²) in [6.45, 7) is 0.614. The third-order valence-corrected chi connectivity index (χ3v) is 6.50. The number of carbonyl (C=O) groups excluding carboxylic acids is 1. The Hall–Kier alpha value is -1.96. The standard InChI is InChI=1S/C20H20BrNO4S/c21-18-6-8-19(9-7-18)26-20(23)17-10-13-22(14-11-17)27(24,25)15-12-16-4-2-1-3-5-16/h1-9,12,15,17H,10-11,13-14H2/b15-12+. The molecule has 1 fully saturated rings. The van der Waals surface area contributed by atoms with Crippen LogP contribution in [0.1, 0.15) is 18.4 Å². The average Bonchev–Trinajstić information content (AvgIpc) is 2.69. The Morgan fingerprint density at radius 3 is 2.30 bits per heavy atom. The molecule has 0 atom stereocenters. The summed E-state index contributed by atoms with van der Waals surface area (Å²) in [5.74, 6) is -0.114. The lowest BCUT2D eigenvalue weighted by molar-refractivity contribution is -0.140. The van der Waals surface area contributed by atoms with Crippen LogP contribution in [-0.4, -0.2) is 31.8 Å².